The molecule has 1 N–H and O–H groups in total. The Kier molecular flexibility index (Phi) is 5.19. The predicted octanol–water partition coefficient (Wildman–Crippen LogP) is -0.436. The fourth-order valence-electron chi connectivity index (χ4n) is 1.33. The maximum Gasteiger partial charge on any atom is 0.330 e. The molecule has 0 fully saturated rings. The van der Waals surface area contributed by atoms with E-state index < -0.39 is 12.1 Å². The fourth-order valence-corrected chi connectivity index (χ4v) is 1.33. The standard InChI is InChI=1S/C11H17N3O3/c1-3-10(15)17-9(2)11(16)13-5-7-14-6-4-12-8-14/h3,8-9H,1,4-7H2,2H3,(H,13,16). The van der Waals surface area contributed by atoms with E-state index in [1.54, 1.807) is 6.34 Å². The zero-order valence-electron chi connectivity index (χ0n) is 9.89. The van der Waals surface area contributed by atoms with E-state index in [9.17, 15) is 9.59 Å². The summed E-state index contributed by atoms with van der Waals surface area (Å²) in [6, 6.07) is 0. The quantitative estimate of drug-likeness (QED) is 0.504. The van der Waals surface area contributed by atoms with Gasteiger partial charge in [-0.05, 0) is 6.92 Å². The van der Waals surface area contributed by atoms with Gasteiger partial charge in [-0.2, -0.15) is 0 Å². The zero-order valence-corrected chi connectivity index (χ0v) is 9.89. The molecule has 6 nitrogen and oxygen atoms in total. The topological polar surface area (TPSA) is 71.0 Å². The average molecular weight is 239 g/mol. The van der Waals surface area contributed by atoms with E-state index in [-0.39, 0.29) is 5.91 Å². The summed E-state index contributed by atoms with van der Waals surface area (Å²) in [5, 5.41) is 2.68. The van der Waals surface area contributed by atoms with Gasteiger partial charge < -0.3 is 15.0 Å². The molecule has 0 aromatic rings. The highest BCUT2D eigenvalue weighted by Crippen LogP contribution is 1.94. The smallest absolute Gasteiger partial charge is 0.330 e. The molecule has 0 spiro atoms. The van der Waals surface area contributed by atoms with Crippen LogP contribution in [0.2, 0.25) is 0 Å². The molecule has 1 amide bonds. The first-order valence-corrected chi connectivity index (χ1v) is 5.48. The van der Waals surface area contributed by atoms with Crippen molar-refractivity contribution in [3.8, 4) is 0 Å². The minimum Gasteiger partial charge on any atom is -0.449 e. The summed E-state index contributed by atoms with van der Waals surface area (Å²) < 4.78 is 4.77. The first kappa shape index (κ1) is 13.2. The third-order valence-corrected chi connectivity index (χ3v) is 2.29. The first-order valence-electron chi connectivity index (χ1n) is 5.48. The van der Waals surface area contributed by atoms with Gasteiger partial charge in [0.05, 0.1) is 12.9 Å². The molecule has 1 rings (SSSR count). The Morgan fingerprint density at radius 2 is 2.47 bits per heavy atom. The van der Waals surface area contributed by atoms with Gasteiger partial charge in [0.1, 0.15) is 0 Å². The lowest BCUT2D eigenvalue weighted by atomic mass is 10.3. The van der Waals surface area contributed by atoms with Crippen LogP contribution in [-0.4, -0.2) is 55.4 Å². The summed E-state index contributed by atoms with van der Waals surface area (Å²) >= 11 is 0. The molecule has 0 aromatic carbocycles. The number of carbonyl (C=O) groups excluding carboxylic acids is 2. The van der Waals surface area contributed by atoms with Crippen molar-refractivity contribution in [3.63, 3.8) is 0 Å². The minimum absolute atomic E-state index is 0.309. The third kappa shape index (κ3) is 4.67. The Balaban J connectivity index is 2.17. The Bertz CT molecular complexity index is 328. The number of carbonyl (C=O) groups is 2. The largest absolute Gasteiger partial charge is 0.449 e. The van der Waals surface area contributed by atoms with Crippen LogP contribution in [-0.2, 0) is 14.3 Å². The van der Waals surface area contributed by atoms with E-state index in [1.165, 1.54) is 6.92 Å². The van der Waals surface area contributed by atoms with Crippen LogP contribution in [0.4, 0.5) is 0 Å². The van der Waals surface area contributed by atoms with E-state index >= 15 is 0 Å². The number of hydrogen-bond acceptors (Lipinski definition) is 5. The lowest BCUT2D eigenvalue weighted by Crippen LogP contribution is -2.39. The van der Waals surface area contributed by atoms with Gasteiger partial charge in [-0.15, -0.1) is 0 Å². The van der Waals surface area contributed by atoms with E-state index in [4.69, 9.17) is 4.74 Å². The van der Waals surface area contributed by atoms with E-state index in [2.05, 4.69) is 16.9 Å². The number of rotatable bonds is 6. The molecule has 0 saturated heterocycles. The van der Waals surface area contributed by atoms with Crippen LogP contribution >= 0.6 is 0 Å². The zero-order chi connectivity index (χ0) is 12.7. The van der Waals surface area contributed by atoms with Crippen molar-refractivity contribution >= 4 is 18.2 Å². The van der Waals surface area contributed by atoms with E-state index in [0.29, 0.717) is 13.1 Å². The lowest BCUT2D eigenvalue weighted by molar-refractivity contribution is -0.150. The highest BCUT2D eigenvalue weighted by Gasteiger charge is 2.15. The molecule has 1 aliphatic rings. The Morgan fingerprint density at radius 1 is 1.71 bits per heavy atom. The van der Waals surface area contributed by atoms with Crippen LogP contribution in [0.25, 0.3) is 0 Å². The molecule has 6 heteroatoms. The molecule has 1 heterocycles. The number of aliphatic imine (C=N–C) groups is 1. The van der Waals surface area contributed by atoms with Crippen molar-refractivity contribution in [1.82, 2.24) is 10.2 Å². The van der Waals surface area contributed by atoms with Gasteiger partial charge in [-0.3, -0.25) is 9.79 Å². The molecule has 1 unspecified atom stereocenters. The molecule has 1 aliphatic heterocycles. The maximum absolute atomic E-state index is 11.5. The monoisotopic (exact) mass is 239 g/mol. The first-order chi connectivity index (χ1) is 8.13. The molecule has 0 radical (unpaired) electrons. The number of nitrogens with one attached hydrogen (secondary N) is 1. The Labute approximate surface area is 100 Å². The molecule has 0 saturated carbocycles. The van der Waals surface area contributed by atoms with Crippen molar-refractivity contribution in [2.45, 2.75) is 13.0 Å². The molecule has 0 aliphatic carbocycles. The van der Waals surface area contributed by atoms with E-state index in [1.807, 2.05) is 4.90 Å². The lowest BCUT2D eigenvalue weighted by Gasteiger charge is -2.16. The van der Waals surface area contributed by atoms with Gasteiger partial charge in [0.25, 0.3) is 5.91 Å². The molecular formula is C11H17N3O3. The van der Waals surface area contributed by atoms with Crippen molar-refractivity contribution in [1.29, 1.82) is 0 Å². The Morgan fingerprint density at radius 3 is 3.06 bits per heavy atom. The maximum atomic E-state index is 11.5. The van der Waals surface area contributed by atoms with Crippen molar-refractivity contribution in [2.24, 2.45) is 4.99 Å². The van der Waals surface area contributed by atoms with Crippen molar-refractivity contribution in [3.05, 3.63) is 12.7 Å². The number of ether oxygens (including phenoxy) is 1. The Hall–Kier alpha value is -1.85. The van der Waals surface area contributed by atoms with Gasteiger partial charge in [0, 0.05) is 25.7 Å². The highest BCUT2D eigenvalue weighted by molar-refractivity contribution is 5.87. The summed E-state index contributed by atoms with van der Waals surface area (Å²) in [5.41, 5.74) is 0. The second-order valence-electron chi connectivity index (χ2n) is 3.63. The van der Waals surface area contributed by atoms with Crippen LogP contribution < -0.4 is 5.32 Å². The normalized spacial score (nSPS) is 15.5. The van der Waals surface area contributed by atoms with Crippen LogP contribution in [0.3, 0.4) is 0 Å². The summed E-state index contributed by atoms with van der Waals surface area (Å²) in [5.74, 6) is -0.907. The number of nitrogens with zero attached hydrogens (tertiary/aromatic N) is 2. The minimum atomic E-state index is -0.798. The number of amides is 1. The second-order valence-corrected chi connectivity index (χ2v) is 3.63. The van der Waals surface area contributed by atoms with Crippen LogP contribution in [0.5, 0.6) is 0 Å². The van der Waals surface area contributed by atoms with Crippen LogP contribution in [0.15, 0.2) is 17.6 Å². The summed E-state index contributed by atoms with van der Waals surface area (Å²) in [4.78, 5) is 28.4. The van der Waals surface area contributed by atoms with Crippen molar-refractivity contribution in [2.75, 3.05) is 26.2 Å². The second kappa shape index (κ2) is 6.67. The van der Waals surface area contributed by atoms with Gasteiger partial charge >= 0.3 is 5.97 Å². The van der Waals surface area contributed by atoms with Crippen molar-refractivity contribution < 1.29 is 14.3 Å². The summed E-state index contributed by atoms with van der Waals surface area (Å²) in [7, 11) is 0. The fraction of sp³-hybridized carbons (Fsp3) is 0.545. The van der Waals surface area contributed by atoms with Crippen LogP contribution in [0.1, 0.15) is 6.92 Å². The molecular weight excluding hydrogens is 222 g/mol. The van der Waals surface area contributed by atoms with E-state index in [0.717, 1.165) is 19.2 Å². The molecule has 1 atom stereocenters. The third-order valence-electron chi connectivity index (χ3n) is 2.29. The highest BCUT2D eigenvalue weighted by atomic mass is 16.5. The van der Waals surface area contributed by atoms with Gasteiger partial charge in [0.15, 0.2) is 6.10 Å². The molecule has 0 aromatic heterocycles. The number of esters is 1. The number of hydrogen-bond donors (Lipinski definition) is 1. The molecule has 17 heavy (non-hydrogen) atoms. The molecule has 94 valence electrons. The average Bonchev–Trinajstić information content (AvgIpc) is 2.81. The SMILES string of the molecule is C=CC(=O)OC(C)C(=O)NCCN1C=NCC1. The summed E-state index contributed by atoms with van der Waals surface area (Å²) in [6.45, 7) is 7.68. The van der Waals surface area contributed by atoms with Gasteiger partial charge in [0.2, 0.25) is 0 Å². The molecule has 0 bridgehead atoms. The summed E-state index contributed by atoms with van der Waals surface area (Å²) in [6.07, 6.45) is 2.00. The predicted molar refractivity (Wildman–Crippen MR) is 63.7 cm³/mol. The van der Waals surface area contributed by atoms with Crippen LogP contribution in [0, 0.1) is 0 Å². The van der Waals surface area contributed by atoms with Gasteiger partial charge in [-0.25, -0.2) is 4.79 Å². The van der Waals surface area contributed by atoms with Gasteiger partial charge in [-0.1, -0.05) is 6.58 Å².